The Bertz CT molecular complexity index is 3150. The van der Waals surface area contributed by atoms with E-state index in [0.29, 0.717) is 5.92 Å². The fraction of sp³-hybridized carbons (Fsp3) is 0.105. The van der Waals surface area contributed by atoms with E-state index in [-0.39, 0.29) is 5.41 Å². The van der Waals surface area contributed by atoms with Crippen molar-refractivity contribution in [3.63, 3.8) is 0 Å². The van der Waals surface area contributed by atoms with E-state index in [4.69, 9.17) is 11.6 Å². The van der Waals surface area contributed by atoms with Crippen molar-refractivity contribution >= 4 is 44.3 Å². The molecule has 1 unspecified atom stereocenters. The highest BCUT2D eigenvalue weighted by Crippen LogP contribution is 2.59. The predicted molar refractivity (Wildman–Crippen MR) is 254 cm³/mol. The summed E-state index contributed by atoms with van der Waals surface area (Å²) < 4.78 is 2.49. The van der Waals surface area contributed by atoms with Gasteiger partial charge in [0.25, 0.3) is 0 Å². The minimum absolute atomic E-state index is 0.258. The van der Waals surface area contributed by atoms with Crippen molar-refractivity contribution in [1.82, 2.24) is 9.55 Å². The summed E-state index contributed by atoms with van der Waals surface area (Å²) >= 11 is 0. The summed E-state index contributed by atoms with van der Waals surface area (Å²) in [6, 6.07) is 52.8. The first-order chi connectivity index (χ1) is 29.4. The first-order valence-electron chi connectivity index (χ1n) is 21.1. The van der Waals surface area contributed by atoms with E-state index in [1.165, 1.54) is 55.2 Å². The second kappa shape index (κ2) is 14.0. The maximum Gasteiger partial charge on any atom is 0.0792 e. The third-order valence-corrected chi connectivity index (χ3v) is 12.8. The minimum Gasteiger partial charge on any atom is -0.315 e. The number of nitrogens with zero attached hydrogens (tertiary/aromatic N) is 3. The minimum atomic E-state index is -0.258. The molecule has 0 spiro atoms. The number of rotatable bonds is 5. The lowest BCUT2D eigenvalue weighted by Crippen LogP contribution is -2.18. The van der Waals surface area contributed by atoms with E-state index in [1.807, 2.05) is 0 Å². The average molecular weight is 772 g/mol. The maximum absolute atomic E-state index is 5.32. The van der Waals surface area contributed by atoms with Gasteiger partial charge in [-0.2, -0.15) is 0 Å². The van der Waals surface area contributed by atoms with Crippen LogP contribution >= 0.6 is 0 Å². The molecular formula is C57H45N3. The molecule has 0 amide bonds. The fourth-order valence-electron chi connectivity index (χ4n) is 9.89. The standard InChI is InChI=1S/C57H45N3/c1-37-26-28-40(29-27-37)48-35-42(39-18-7-5-8-19-39)36-49(58-48)41-30-32-44(33-31-41)60-50-25-14-12-23-46(50)53-54-52(45-22-11-13-24-47(45)57(54,3)4)51-38(2)17-15-16-34-59(55(51)56(53)60)43-20-9-6-10-21-43/h5-26,28-37H,2,27H2,1,3-4H3/b17-15-,34-16-. The van der Waals surface area contributed by atoms with Crippen LogP contribution < -0.4 is 4.90 Å². The van der Waals surface area contributed by atoms with Crippen LogP contribution in [-0.4, -0.2) is 9.55 Å². The molecule has 0 saturated heterocycles. The van der Waals surface area contributed by atoms with Crippen molar-refractivity contribution in [2.45, 2.75) is 32.6 Å². The zero-order valence-electron chi connectivity index (χ0n) is 34.2. The molecule has 3 aliphatic rings. The van der Waals surface area contributed by atoms with Crippen LogP contribution in [0.3, 0.4) is 0 Å². The van der Waals surface area contributed by atoms with Crippen molar-refractivity contribution in [1.29, 1.82) is 0 Å². The summed E-state index contributed by atoms with van der Waals surface area (Å²) in [6.45, 7) is 11.8. The molecule has 0 saturated carbocycles. The number of benzene rings is 6. The van der Waals surface area contributed by atoms with E-state index in [2.05, 4.69) is 218 Å². The molecule has 8 aromatic rings. The number of para-hydroxylation sites is 2. The van der Waals surface area contributed by atoms with Gasteiger partial charge in [0.2, 0.25) is 0 Å². The summed E-state index contributed by atoms with van der Waals surface area (Å²) in [5.41, 5.74) is 19.3. The van der Waals surface area contributed by atoms with Crippen LogP contribution in [-0.2, 0) is 5.41 Å². The molecule has 60 heavy (non-hydrogen) atoms. The fourth-order valence-corrected chi connectivity index (χ4v) is 9.89. The lowest BCUT2D eigenvalue weighted by atomic mass is 9.79. The summed E-state index contributed by atoms with van der Waals surface area (Å²) in [5, 5.41) is 2.52. The lowest BCUT2D eigenvalue weighted by molar-refractivity contribution is 0.666. The monoisotopic (exact) mass is 771 g/mol. The Labute approximate surface area is 352 Å². The lowest BCUT2D eigenvalue weighted by Gasteiger charge is -2.31. The van der Waals surface area contributed by atoms with E-state index in [9.17, 15) is 0 Å². The van der Waals surface area contributed by atoms with Crippen molar-refractivity contribution in [3.05, 3.63) is 217 Å². The summed E-state index contributed by atoms with van der Waals surface area (Å²) in [4.78, 5) is 7.69. The zero-order valence-corrected chi connectivity index (χ0v) is 34.2. The summed E-state index contributed by atoms with van der Waals surface area (Å²) in [5.74, 6) is 0.533. The van der Waals surface area contributed by atoms with Crippen molar-refractivity contribution in [2.75, 3.05) is 4.90 Å². The normalized spacial score (nSPS) is 17.4. The zero-order chi connectivity index (χ0) is 40.5. The van der Waals surface area contributed by atoms with Gasteiger partial charge in [0, 0.05) is 44.9 Å². The highest BCUT2D eigenvalue weighted by atomic mass is 15.1. The highest BCUT2D eigenvalue weighted by Gasteiger charge is 2.42. The number of pyridine rings is 1. The van der Waals surface area contributed by atoms with E-state index in [0.717, 1.165) is 57.1 Å². The third-order valence-electron chi connectivity index (χ3n) is 12.8. The second-order valence-corrected chi connectivity index (χ2v) is 16.9. The van der Waals surface area contributed by atoms with Gasteiger partial charge in [0.15, 0.2) is 0 Å². The highest BCUT2D eigenvalue weighted by molar-refractivity contribution is 6.22. The van der Waals surface area contributed by atoms with Crippen LogP contribution in [0.15, 0.2) is 195 Å². The quantitative estimate of drug-likeness (QED) is 0.174. The molecule has 0 fully saturated rings. The summed E-state index contributed by atoms with van der Waals surface area (Å²) in [6.07, 6.45) is 16.5. The molecule has 3 heteroatoms. The van der Waals surface area contributed by atoms with Gasteiger partial charge in [-0.1, -0.05) is 161 Å². The van der Waals surface area contributed by atoms with Crippen LogP contribution in [0.25, 0.3) is 72.2 Å². The first kappa shape index (κ1) is 35.9. The Kier molecular flexibility index (Phi) is 8.35. The molecule has 1 atom stereocenters. The van der Waals surface area contributed by atoms with Crippen molar-refractivity contribution < 1.29 is 0 Å². The van der Waals surface area contributed by atoms with Gasteiger partial charge in [-0.15, -0.1) is 0 Å². The summed E-state index contributed by atoms with van der Waals surface area (Å²) in [7, 11) is 0. The van der Waals surface area contributed by atoms with Crippen LogP contribution in [0, 0.1) is 5.92 Å². The molecule has 1 aliphatic heterocycles. The van der Waals surface area contributed by atoms with Crippen LogP contribution in [0.2, 0.25) is 0 Å². The molecule has 2 aromatic heterocycles. The number of aromatic nitrogens is 2. The molecule has 3 heterocycles. The molecule has 288 valence electrons. The molecule has 2 aliphatic carbocycles. The van der Waals surface area contributed by atoms with Gasteiger partial charge < -0.3 is 9.47 Å². The molecule has 11 rings (SSSR count). The van der Waals surface area contributed by atoms with Gasteiger partial charge in [0.05, 0.1) is 28.1 Å². The van der Waals surface area contributed by atoms with E-state index in [1.54, 1.807) is 0 Å². The molecule has 3 nitrogen and oxygen atoms in total. The first-order valence-corrected chi connectivity index (χ1v) is 21.1. The SMILES string of the molecule is C=C1/C=C\C=C/N(c2ccccc2)c2c1c1c(c3c4ccccc4n(-c4ccc(-c5cc(-c6ccccc6)cc(C6=CCC(C)C=C6)n5)cc4)c23)C(C)(C)c2ccccc2-1. The van der Waals surface area contributed by atoms with Gasteiger partial charge in [0.1, 0.15) is 0 Å². The van der Waals surface area contributed by atoms with Crippen LogP contribution in [0.5, 0.6) is 0 Å². The molecular weight excluding hydrogens is 727 g/mol. The van der Waals surface area contributed by atoms with Crippen molar-refractivity contribution in [3.8, 4) is 39.2 Å². The van der Waals surface area contributed by atoms with E-state index >= 15 is 0 Å². The second-order valence-electron chi connectivity index (χ2n) is 16.9. The topological polar surface area (TPSA) is 21.1 Å². The molecule has 0 N–H and O–H groups in total. The van der Waals surface area contributed by atoms with Gasteiger partial charge in [-0.05, 0) is 105 Å². The molecule has 6 aromatic carbocycles. The molecule has 0 bridgehead atoms. The van der Waals surface area contributed by atoms with Crippen LogP contribution in [0.1, 0.15) is 49.6 Å². The number of anilines is 2. The van der Waals surface area contributed by atoms with Crippen LogP contribution in [0.4, 0.5) is 11.4 Å². The van der Waals surface area contributed by atoms with E-state index < -0.39 is 0 Å². The van der Waals surface area contributed by atoms with Gasteiger partial charge in [-0.3, -0.25) is 0 Å². The number of allylic oxidation sites excluding steroid dienone is 8. The third kappa shape index (κ3) is 5.61. The van der Waals surface area contributed by atoms with Gasteiger partial charge >= 0.3 is 0 Å². The molecule has 0 radical (unpaired) electrons. The van der Waals surface area contributed by atoms with Crippen molar-refractivity contribution in [2.24, 2.45) is 5.92 Å². The Morgan fingerprint density at radius 3 is 2.17 bits per heavy atom. The Morgan fingerprint density at radius 1 is 0.667 bits per heavy atom. The average Bonchev–Trinajstić information content (AvgIpc) is 3.74. The Hall–Kier alpha value is -7.23. The Morgan fingerprint density at radius 2 is 1.38 bits per heavy atom. The predicted octanol–water partition coefficient (Wildman–Crippen LogP) is 15.0. The Balaban J connectivity index is 1.19. The smallest absolute Gasteiger partial charge is 0.0792 e. The number of fused-ring (bicyclic) bond motifs is 10. The number of hydrogen-bond acceptors (Lipinski definition) is 2. The number of hydrogen-bond donors (Lipinski definition) is 0. The maximum atomic E-state index is 5.32. The largest absolute Gasteiger partial charge is 0.315 e. The van der Waals surface area contributed by atoms with Gasteiger partial charge in [-0.25, -0.2) is 4.98 Å².